The Kier molecular flexibility index (Phi) is 6.21. The van der Waals surface area contributed by atoms with Gasteiger partial charge in [-0.3, -0.25) is 9.69 Å². The molecule has 0 unspecified atom stereocenters. The first-order valence-electron chi connectivity index (χ1n) is 9.86. The molecule has 0 saturated carbocycles. The van der Waals surface area contributed by atoms with Crippen LogP contribution in [0.25, 0.3) is 11.1 Å². The molecule has 2 aromatic rings. The van der Waals surface area contributed by atoms with Crippen molar-refractivity contribution < 1.29 is 32.5 Å². The Hall–Kier alpha value is -2.91. The molecular weight excluding hydrogens is 449 g/mol. The van der Waals surface area contributed by atoms with Crippen molar-refractivity contribution >= 4 is 17.5 Å². The zero-order valence-corrected chi connectivity index (χ0v) is 17.6. The lowest BCUT2D eigenvalue weighted by atomic mass is 9.99. The van der Waals surface area contributed by atoms with Crippen molar-refractivity contribution in [2.75, 3.05) is 26.2 Å². The number of hydrogen-bond donors (Lipinski definition) is 1. The molecule has 2 aromatic carbocycles. The minimum atomic E-state index is -3.22. The fraction of sp³-hybridized carbons (Fsp3) is 0.318. The first kappa shape index (κ1) is 22.3. The van der Waals surface area contributed by atoms with Crippen molar-refractivity contribution in [3.05, 3.63) is 53.3 Å². The summed E-state index contributed by atoms with van der Waals surface area (Å²) in [5.74, 6) is -2.14. The number of benzene rings is 2. The van der Waals surface area contributed by atoms with Crippen molar-refractivity contribution in [1.82, 2.24) is 9.80 Å². The molecule has 170 valence electrons. The van der Waals surface area contributed by atoms with Crippen LogP contribution >= 0.6 is 11.6 Å². The molecule has 1 N–H and O–H groups in total. The third-order valence-electron chi connectivity index (χ3n) is 5.60. The number of alkyl halides is 2. The summed E-state index contributed by atoms with van der Waals surface area (Å²) in [6.07, 6.45) is 1.23. The Labute approximate surface area is 187 Å². The summed E-state index contributed by atoms with van der Waals surface area (Å²) in [4.78, 5) is 15.6. The highest BCUT2D eigenvalue weighted by Gasteiger charge is 2.35. The second-order valence-electron chi connectivity index (χ2n) is 7.49. The zero-order chi connectivity index (χ0) is 23.0. The number of amides is 1. The van der Waals surface area contributed by atoms with Gasteiger partial charge in [0.1, 0.15) is 18.1 Å². The number of hydrogen-bond acceptors (Lipinski definition) is 5. The summed E-state index contributed by atoms with van der Waals surface area (Å²) in [7, 11) is 0. The molecule has 4 rings (SSSR count). The van der Waals surface area contributed by atoms with Crippen LogP contribution in [-0.4, -0.2) is 59.7 Å². The molecule has 0 radical (unpaired) electrons. The van der Waals surface area contributed by atoms with E-state index in [0.717, 1.165) is 0 Å². The van der Waals surface area contributed by atoms with Gasteiger partial charge in [-0.25, -0.2) is 4.39 Å². The smallest absolute Gasteiger partial charge is 0.387 e. The number of aromatic hydroxyl groups is 1. The van der Waals surface area contributed by atoms with Crippen LogP contribution in [0.15, 0.2) is 36.9 Å². The van der Waals surface area contributed by atoms with Gasteiger partial charge in [0.15, 0.2) is 11.6 Å². The van der Waals surface area contributed by atoms with E-state index in [4.69, 9.17) is 16.3 Å². The second-order valence-corrected chi connectivity index (χ2v) is 7.90. The van der Waals surface area contributed by atoms with E-state index < -0.39 is 23.7 Å². The van der Waals surface area contributed by atoms with Crippen LogP contribution in [0, 0.1) is 5.82 Å². The highest BCUT2D eigenvalue weighted by atomic mass is 35.5. The second kappa shape index (κ2) is 8.91. The Bertz CT molecular complexity index is 1050. The molecule has 1 atom stereocenters. The largest absolute Gasteiger partial charge is 0.507 e. The van der Waals surface area contributed by atoms with Gasteiger partial charge in [-0.05, 0) is 24.3 Å². The van der Waals surface area contributed by atoms with Gasteiger partial charge >= 0.3 is 6.61 Å². The third kappa shape index (κ3) is 4.10. The molecule has 0 aliphatic carbocycles. The maximum absolute atomic E-state index is 15.7. The molecule has 0 bridgehead atoms. The number of carbonyl (C=O) groups excluding carboxylic acids is 1. The van der Waals surface area contributed by atoms with Crippen molar-refractivity contribution in [2.24, 2.45) is 0 Å². The van der Waals surface area contributed by atoms with Crippen LogP contribution in [0.2, 0.25) is 5.02 Å². The molecule has 1 saturated heterocycles. The summed E-state index contributed by atoms with van der Waals surface area (Å²) >= 11 is 6.15. The Morgan fingerprint density at radius 1 is 1.34 bits per heavy atom. The van der Waals surface area contributed by atoms with E-state index in [-0.39, 0.29) is 47.2 Å². The number of nitrogens with zero attached hydrogens (tertiary/aromatic N) is 2. The molecule has 2 aliphatic heterocycles. The average molecular weight is 469 g/mol. The summed E-state index contributed by atoms with van der Waals surface area (Å²) in [5, 5.41) is 10.2. The van der Waals surface area contributed by atoms with Gasteiger partial charge in [0.25, 0.3) is 0 Å². The average Bonchev–Trinajstić information content (AvgIpc) is 2.93. The van der Waals surface area contributed by atoms with Gasteiger partial charge in [-0.2, -0.15) is 8.78 Å². The number of fused-ring (bicyclic) bond motifs is 2. The van der Waals surface area contributed by atoms with E-state index in [2.05, 4.69) is 11.3 Å². The zero-order valence-electron chi connectivity index (χ0n) is 16.9. The lowest BCUT2D eigenvalue weighted by molar-refractivity contribution is -0.129. The van der Waals surface area contributed by atoms with Crippen LogP contribution < -0.4 is 9.47 Å². The van der Waals surface area contributed by atoms with Gasteiger partial charge in [-0.1, -0.05) is 24.2 Å². The van der Waals surface area contributed by atoms with Gasteiger partial charge in [0, 0.05) is 37.3 Å². The maximum Gasteiger partial charge on any atom is 0.387 e. The number of halogens is 4. The standard InChI is InChI=1S/C22H20ClF3N2O4/c1-2-17(30)28-7-6-27-9-12-8-16(32-22(25)26)19(18-14(23)4-3-5-15(18)29)20(24)21(12)31-11-13(27)10-28/h2-5,8,13,22,29H,1,6-7,9-11H2/t13-/m1/s1. The molecule has 0 aromatic heterocycles. The quantitative estimate of drug-likeness (QED) is 0.686. The number of rotatable bonds is 4. The lowest BCUT2D eigenvalue weighted by Crippen LogP contribution is -2.55. The van der Waals surface area contributed by atoms with Crippen molar-refractivity contribution in [1.29, 1.82) is 0 Å². The fourth-order valence-corrected chi connectivity index (χ4v) is 4.37. The topological polar surface area (TPSA) is 62.2 Å². The summed E-state index contributed by atoms with van der Waals surface area (Å²) in [6, 6.07) is 5.18. The van der Waals surface area contributed by atoms with E-state index in [1.54, 1.807) is 4.90 Å². The molecule has 2 aliphatic rings. The van der Waals surface area contributed by atoms with Crippen molar-refractivity contribution in [3.8, 4) is 28.4 Å². The summed E-state index contributed by atoms with van der Waals surface area (Å²) in [6.45, 7) is 1.87. The Morgan fingerprint density at radius 3 is 2.81 bits per heavy atom. The van der Waals surface area contributed by atoms with Crippen molar-refractivity contribution in [2.45, 2.75) is 19.2 Å². The third-order valence-corrected chi connectivity index (χ3v) is 5.92. The Balaban J connectivity index is 1.77. The molecule has 1 fully saturated rings. The lowest BCUT2D eigenvalue weighted by Gasteiger charge is -2.39. The van der Waals surface area contributed by atoms with E-state index in [1.165, 1.54) is 30.3 Å². The minimum absolute atomic E-state index is 0.0346. The highest BCUT2D eigenvalue weighted by molar-refractivity contribution is 6.33. The predicted octanol–water partition coefficient (Wildman–Crippen LogP) is 4.04. The van der Waals surface area contributed by atoms with E-state index in [9.17, 15) is 18.7 Å². The van der Waals surface area contributed by atoms with Crippen LogP contribution in [0.5, 0.6) is 17.2 Å². The molecule has 10 heteroatoms. The number of ether oxygens (including phenoxy) is 2. The van der Waals surface area contributed by atoms with Crippen LogP contribution in [0.3, 0.4) is 0 Å². The number of carbonyl (C=O) groups is 1. The SMILES string of the molecule is C=CC(=O)N1CCN2Cc3cc(OC(F)F)c(-c4c(O)cccc4Cl)c(F)c3OC[C@H]2C1. The first-order valence-corrected chi connectivity index (χ1v) is 10.2. The van der Waals surface area contributed by atoms with E-state index in [0.29, 0.717) is 25.2 Å². The van der Waals surface area contributed by atoms with E-state index >= 15 is 4.39 Å². The molecule has 0 spiro atoms. The normalized spacial score (nSPS) is 18.4. The number of phenols is 1. The molecule has 32 heavy (non-hydrogen) atoms. The van der Waals surface area contributed by atoms with E-state index in [1.807, 2.05) is 4.90 Å². The number of piperazine rings is 1. The molecule has 1 amide bonds. The van der Waals surface area contributed by atoms with Crippen LogP contribution in [0.1, 0.15) is 5.56 Å². The predicted molar refractivity (Wildman–Crippen MR) is 112 cm³/mol. The fourth-order valence-electron chi connectivity index (χ4n) is 4.10. The van der Waals surface area contributed by atoms with Gasteiger partial charge in [-0.15, -0.1) is 0 Å². The monoisotopic (exact) mass is 468 g/mol. The molecule has 2 heterocycles. The van der Waals surface area contributed by atoms with Crippen LogP contribution in [0.4, 0.5) is 13.2 Å². The van der Waals surface area contributed by atoms with Crippen LogP contribution in [-0.2, 0) is 11.3 Å². The molecular formula is C22H20ClF3N2O4. The minimum Gasteiger partial charge on any atom is -0.507 e. The highest BCUT2D eigenvalue weighted by Crippen LogP contribution is 2.47. The Morgan fingerprint density at radius 2 is 2.12 bits per heavy atom. The summed E-state index contributed by atoms with van der Waals surface area (Å²) < 4.78 is 52.4. The first-order chi connectivity index (χ1) is 15.3. The molecule has 6 nitrogen and oxygen atoms in total. The maximum atomic E-state index is 15.7. The van der Waals surface area contributed by atoms with Gasteiger partial charge in [0.05, 0.1) is 16.6 Å². The summed E-state index contributed by atoms with van der Waals surface area (Å²) in [5.41, 5.74) is -0.256. The van der Waals surface area contributed by atoms with Gasteiger partial charge in [0.2, 0.25) is 5.91 Å². The van der Waals surface area contributed by atoms with Gasteiger partial charge < -0.3 is 19.5 Å². The number of phenolic OH excluding ortho intramolecular Hbond substituents is 1. The van der Waals surface area contributed by atoms with Crippen molar-refractivity contribution in [3.63, 3.8) is 0 Å².